The van der Waals surface area contributed by atoms with Crippen LogP contribution in [0.4, 0.5) is 0 Å². The van der Waals surface area contributed by atoms with Gasteiger partial charge in [-0.25, -0.2) is 0 Å². The summed E-state index contributed by atoms with van der Waals surface area (Å²) in [4.78, 5) is 22.3. The van der Waals surface area contributed by atoms with E-state index in [-0.39, 0.29) is 12.4 Å². The van der Waals surface area contributed by atoms with E-state index in [1.54, 1.807) is 0 Å². The van der Waals surface area contributed by atoms with Crippen molar-refractivity contribution in [3.63, 3.8) is 0 Å². The first kappa shape index (κ1) is 16.9. The van der Waals surface area contributed by atoms with Gasteiger partial charge >= 0.3 is 11.9 Å². The Balaban J connectivity index is 4.31. The van der Waals surface area contributed by atoms with E-state index in [2.05, 4.69) is 0 Å². The molecule has 0 fully saturated rings. The van der Waals surface area contributed by atoms with Crippen LogP contribution >= 0.6 is 0 Å². The molecule has 0 rings (SSSR count). The lowest BCUT2D eigenvalue weighted by Gasteiger charge is -2.28. The molecule has 1 atom stereocenters. The number of carbonyl (C=O) groups excluding carboxylic acids is 1. The van der Waals surface area contributed by atoms with Gasteiger partial charge in [0.05, 0.1) is 27.6 Å². The average molecular weight is 260 g/mol. The van der Waals surface area contributed by atoms with Crippen LogP contribution in [0.5, 0.6) is 0 Å². The fourth-order valence-electron chi connectivity index (χ4n) is 1.60. The van der Waals surface area contributed by atoms with E-state index in [4.69, 9.17) is 9.84 Å². The summed E-state index contributed by atoms with van der Waals surface area (Å²) in [6.45, 7) is 4.57. The number of likely N-dealkylation sites (N-methyl/N-ethyl adjacent to an activating group) is 1. The number of ether oxygens (including phenoxy) is 1. The lowest BCUT2D eigenvalue weighted by Crippen LogP contribution is -2.43. The third-order valence-electron chi connectivity index (χ3n) is 2.38. The second-order valence-corrected chi connectivity index (χ2v) is 6.12. The maximum Gasteiger partial charge on any atom is 0.307 e. The van der Waals surface area contributed by atoms with Crippen molar-refractivity contribution in [3.05, 3.63) is 0 Å². The van der Waals surface area contributed by atoms with Gasteiger partial charge in [-0.3, -0.25) is 9.59 Å². The Kier molecular flexibility index (Phi) is 6.91. The number of esters is 1. The molecule has 5 nitrogen and oxygen atoms in total. The molecule has 1 unspecified atom stereocenters. The lowest BCUT2D eigenvalue weighted by atomic mass is 10.1. The monoisotopic (exact) mass is 260 g/mol. The van der Waals surface area contributed by atoms with E-state index in [1.165, 1.54) is 0 Å². The van der Waals surface area contributed by atoms with Crippen LogP contribution in [0, 0.1) is 5.92 Å². The van der Waals surface area contributed by atoms with Gasteiger partial charge in [-0.05, 0) is 12.3 Å². The largest absolute Gasteiger partial charge is 0.481 e. The van der Waals surface area contributed by atoms with Gasteiger partial charge in [0.1, 0.15) is 6.54 Å². The summed E-state index contributed by atoms with van der Waals surface area (Å²) >= 11 is 0. The van der Waals surface area contributed by atoms with Crippen LogP contribution in [0.1, 0.15) is 33.1 Å². The number of carboxylic acid groups (broad SMARTS) is 1. The zero-order valence-electron chi connectivity index (χ0n) is 12.1. The van der Waals surface area contributed by atoms with Crippen molar-refractivity contribution in [2.24, 2.45) is 5.92 Å². The van der Waals surface area contributed by atoms with E-state index in [0.717, 1.165) is 6.42 Å². The van der Waals surface area contributed by atoms with Crippen molar-refractivity contribution >= 4 is 11.9 Å². The van der Waals surface area contributed by atoms with Crippen LogP contribution < -0.4 is 0 Å². The first-order valence-corrected chi connectivity index (χ1v) is 6.32. The highest BCUT2D eigenvalue weighted by Crippen LogP contribution is 2.09. The number of carbonyl (C=O) groups is 2. The van der Waals surface area contributed by atoms with Crippen LogP contribution in [0.15, 0.2) is 0 Å². The van der Waals surface area contributed by atoms with E-state index >= 15 is 0 Å². The Hall–Kier alpha value is -1.10. The van der Waals surface area contributed by atoms with E-state index in [9.17, 15) is 9.59 Å². The lowest BCUT2D eigenvalue weighted by molar-refractivity contribution is -0.873. The molecule has 0 heterocycles. The molecule has 0 aliphatic heterocycles. The Labute approximate surface area is 109 Å². The Morgan fingerprint density at radius 1 is 1.22 bits per heavy atom. The molecule has 0 aliphatic rings. The molecule has 0 aliphatic carbocycles. The van der Waals surface area contributed by atoms with Crippen LogP contribution in [-0.4, -0.2) is 55.3 Å². The minimum Gasteiger partial charge on any atom is -0.481 e. The molecular formula is C13H26NO4+. The molecule has 0 saturated carbocycles. The Bertz CT molecular complexity index is 281. The van der Waals surface area contributed by atoms with Crippen molar-refractivity contribution in [2.45, 2.75) is 39.2 Å². The van der Waals surface area contributed by atoms with Gasteiger partial charge in [-0.15, -0.1) is 0 Å². The zero-order chi connectivity index (χ0) is 14.3. The van der Waals surface area contributed by atoms with Gasteiger partial charge in [0, 0.05) is 6.42 Å². The van der Waals surface area contributed by atoms with Crippen LogP contribution in [-0.2, 0) is 14.3 Å². The number of rotatable bonds is 8. The number of carboxylic acids is 1. The summed E-state index contributed by atoms with van der Waals surface area (Å²) in [5, 5.41) is 8.81. The smallest absolute Gasteiger partial charge is 0.307 e. The molecular weight excluding hydrogens is 234 g/mol. The van der Waals surface area contributed by atoms with Gasteiger partial charge in [0.15, 0.2) is 6.10 Å². The molecule has 0 bridgehead atoms. The summed E-state index contributed by atoms with van der Waals surface area (Å²) < 4.78 is 5.82. The second-order valence-electron chi connectivity index (χ2n) is 6.12. The quantitative estimate of drug-likeness (QED) is 0.531. The number of nitrogens with zero attached hydrogens (tertiary/aromatic N) is 1. The molecule has 0 spiro atoms. The first-order chi connectivity index (χ1) is 8.10. The second kappa shape index (κ2) is 7.36. The summed E-state index contributed by atoms with van der Waals surface area (Å²) in [7, 11) is 5.82. The maximum absolute atomic E-state index is 11.6. The summed E-state index contributed by atoms with van der Waals surface area (Å²) in [6.07, 6.45) is 0.429. The summed E-state index contributed by atoms with van der Waals surface area (Å²) in [5.74, 6) is -0.803. The van der Waals surface area contributed by atoms with Crippen molar-refractivity contribution in [3.8, 4) is 0 Å². The molecule has 0 aromatic carbocycles. The Morgan fingerprint density at radius 2 is 1.78 bits per heavy atom. The normalized spacial score (nSPS) is 13.4. The van der Waals surface area contributed by atoms with Gasteiger partial charge in [-0.1, -0.05) is 13.8 Å². The molecule has 106 valence electrons. The van der Waals surface area contributed by atoms with E-state index < -0.39 is 12.1 Å². The molecule has 0 saturated heterocycles. The number of quaternary nitrogens is 1. The highest BCUT2D eigenvalue weighted by Gasteiger charge is 2.24. The average Bonchev–Trinajstić information content (AvgIpc) is 2.10. The minimum atomic E-state index is -0.940. The molecule has 0 aromatic rings. The van der Waals surface area contributed by atoms with Crippen molar-refractivity contribution in [1.29, 1.82) is 0 Å². The Morgan fingerprint density at radius 3 is 2.17 bits per heavy atom. The van der Waals surface area contributed by atoms with E-state index in [1.807, 2.05) is 35.0 Å². The van der Waals surface area contributed by atoms with Gasteiger partial charge in [0.2, 0.25) is 0 Å². The van der Waals surface area contributed by atoms with Crippen molar-refractivity contribution in [2.75, 3.05) is 27.7 Å². The van der Waals surface area contributed by atoms with Crippen molar-refractivity contribution < 1.29 is 23.9 Å². The first-order valence-electron chi connectivity index (χ1n) is 6.32. The zero-order valence-corrected chi connectivity index (χ0v) is 12.1. The molecule has 0 aromatic heterocycles. The standard InChI is InChI=1S/C13H25NO4/c1-10(2)6-7-13(17)18-11(8-12(15)16)9-14(3,4)5/h10-11H,6-9H2,1-5H3/p+1. The predicted octanol–water partition coefficient (Wildman–Crippen LogP) is 1.52. The summed E-state index contributed by atoms with van der Waals surface area (Å²) in [6, 6.07) is 0. The van der Waals surface area contributed by atoms with Crippen LogP contribution in [0.2, 0.25) is 0 Å². The maximum atomic E-state index is 11.6. The van der Waals surface area contributed by atoms with Crippen molar-refractivity contribution in [1.82, 2.24) is 0 Å². The fraction of sp³-hybridized carbons (Fsp3) is 0.846. The minimum absolute atomic E-state index is 0.136. The number of aliphatic carboxylic acids is 1. The molecule has 1 N–H and O–H groups in total. The van der Waals surface area contributed by atoms with Crippen LogP contribution in [0.25, 0.3) is 0 Å². The molecule has 5 heteroatoms. The SMILES string of the molecule is CC(C)CCC(=O)OC(CC(=O)O)C[N+](C)(C)C. The number of hydrogen-bond donors (Lipinski definition) is 1. The molecule has 0 amide bonds. The van der Waals surface area contributed by atoms with E-state index in [0.29, 0.717) is 23.4 Å². The molecule has 18 heavy (non-hydrogen) atoms. The summed E-state index contributed by atoms with van der Waals surface area (Å²) in [5.41, 5.74) is 0. The van der Waals surface area contributed by atoms with Gasteiger partial charge in [0.25, 0.3) is 0 Å². The topological polar surface area (TPSA) is 63.6 Å². The van der Waals surface area contributed by atoms with Gasteiger partial charge < -0.3 is 14.3 Å². The third kappa shape index (κ3) is 10.1. The third-order valence-corrected chi connectivity index (χ3v) is 2.38. The van der Waals surface area contributed by atoms with Gasteiger partial charge in [-0.2, -0.15) is 0 Å². The fourth-order valence-corrected chi connectivity index (χ4v) is 1.60. The predicted molar refractivity (Wildman–Crippen MR) is 69.1 cm³/mol. The highest BCUT2D eigenvalue weighted by atomic mass is 16.5. The highest BCUT2D eigenvalue weighted by molar-refractivity contribution is 5.71. The van der Waals surface area contributed by atoms with Crippen LogP contribution in [0.3, 0.4) is 0 Å². The number of hydrogen-bond acceptors (Lipinski definition) is 3. The molecule has 0 radical (unpaired) electrons.